The predicted octanol–water partition coefficient (Wildman–Crippen LogP) is 2.84. The van der Waals surface area contributed by atoms with E-state index in [1.807, 2.05) is 0 Å². The molecule has 28 heavy (non-hydrogen) atoms. The van der Waals surface area contributed by atoms with Crippen LogP contribution in [0.1, 0.15) is 51.7 Å². The molecule has 1 aliphatic rings. The van der Waals surface area contributed by atoms with Crippen LogP contribution in [-0.2, 0) is 19.3 Å². The smallest absolute Gasteiger partial charge is 0.407 e. The average molecular weight is 414 g/mol. The Kier molecular flexibility index (Phi) is 7.86. The van der Waals surface area contributed by atoms with Crippen molar-refractivity contribution in [2.24, 2.45) is 5.92 Å². The lowest BCUT2D eigenvalue weighted by Crippen LogP contribution is -2.33. The number of hydrogen-bond donors (Lipinski definition) is 2. The summed E-state index contributed by atoms with van der Waals surface area (Å²) in [4.78, 5) is 11.9. The fraction of sp³-hybridized carbons (Fsp3) is 0.650. The van der Waals surface area contributed by atoms with Gasteiger partial charge in [0.05, 0.1) is 16.8 Å². The number of hydrogen-bond acceptors (Lipinski definition) is 6. The summed E-state index contributed by atoms with van der Waals surface area (Å²) in [6.07, 6.45) is 0.319. The highest BCUT2D eigenvalue weighted by Crippen LogP contribution is 2.24. The molecule has 1 aromatic carbocycles. The van der Waals surface area contributed by atoms with Crippen LogP contribution >= 0.6 is 0 Å². The van der Waals surface area contributed by atoms with Gasteiger partial charge < -0.3 is 19.9 Å². The Morgan fingerprint density at radius 1 is 1.32 bits per heavy atom. The Labute approximate surface area is 167 Å². The number of sulfone groups is 1. The maximum Gasteiger partial charge on any atom is 0.407 e. The van der Waals surface area contributed by atoms with Crippen LogP contribution in [0.15, 0.2) is 29.2 Å². The molecule has 0 aliphatic carbocycles. The van der Waals surface area contributed by atoms with Crippen molar-refractivity contribution in [1.29, 1.82) is 0 Å². The van der Waals surface area contributed by atoms with Crippen molar-refractivity contribution in [3.05, 3.63) is 29.8 Å². The number of rotatable bonds is 7. The van der Waals surface area contributed by atoms with E-state index < -0.39 is 27.6 Å². The summed E-state index contributed by atoms with van der Waals surface area (Å²) in [5.74, 6) is 0.196. The molecule has 1 saturated heterocycles. The summed E-state index contributed by atoms with van der Waals surface area (Å²) in [5, 5.41) is 13.0. The van der Waals surface area contributed by atoms with Crippen LogP contribution in [0.2, 0.25) is 0 Å². The lowest BCUT2D eigenvalue weighted by atomic mass is 10.0. The Balaban J connectivity index is 1.93. The van der Waals surface area contributed by atoms with Crippen LogP contribution in [0.3, 0.4) is 0 Å². The quantitative estimate of drug-likeness (QED) is 0.713. The largest absolute Gasteiger partial charge is 0.444 e. The van der Waals surface area contributed by atoms with Gasteiger partial charge in [-0.3, -0.25) is 0 Å². The van der Waals surface area contributed by atoms with Crippen LogP contribution in [0.25, 0.3) is 0 Å². The van der Waals surface area contributed by atoms with E-state index in [0.717, 1.165) is 12.8 Å². The minimum atomic E-state index is -3.43. The second-order valence-electron chi connectivity index (χ2n) is 8.14. The zero-order valence-electron chi connectivity index (χ0n) is 16.8. The maximum absolute atomic E-state index is 12.7. The molecule has 8 heteroatoms. The van der Waals surface area contributed by atoms with Crippen LogP contribution in [0.5, 0.6) is 0 Å². The number of carbonyl (C=O) groups is 1. The van der Waals surface area contributed by atoms with Crippen molar-refractivity contribution < 1.29 is 27.8 Å². The molecular formula is C20H31NO6S. The number of alkyl carbamates (subject to hydrolysis) is 1. The summed E-state index contributed by atoms with van der Waals surface area (Å²) >= 11 is 0. The molecule has 1 heterocycles. The van der Waals surface area contributed by atoms with Crippen molar-refractivity contribution in [2.45, 2.75) is 56.6 Å². The number of amides is 1. The third-order valence-electron chi connectivity index (χ3n) is 4.48. The van der Waals surface area contributed by atoms with Gasteiger partial charge in [-0.05, 0) is 63.6 Å². The van der Waals surface area contributed by atoms with Gasteiger partial charge in [0.15, 0.2) is 9.84 Å². The number of ether oxygens (including phenoxy) is 2. The molecule has 0 bridgehead atoms. The van der Waals surface area contributed by atoms with Crippen LogP contribution < -0.4 is 5.32 Å². The molecule has 1 unspecified atom stereocenters. The maximum atomic E-state index is 12.7. The van der Waals surface area contributed by atoms with E-state index in [1.54, 1.807) is 39.0 Å². The Morgan fingerprint density at radius 3 is 2.64 bits per heavy atom. The lowest BCUT2D eigenvalue weighted by Gasteiger charge is -2.22. The van der Waals surface area contributed by atoms with Crippen LogP contribution in [0.4, 0.5) is 4.79 Å². The minimum absolute atomic E-state index is 0.0934. The first-order valence-electron chi connectivity index (χ1n) is 9.62. The molecule has 158 valence electrons. The second kappa shape index (κ2) is 9.71. The van der Waals surface area contributed by atoms with Gasteiger partial charge in [0.2, 0.25) is 0 Å². The minimum Gasteiger partial charge on any atom is -0.444 e. The van der Waals surface area contributed by atoms with E-state index in [4.69, 9.17) is 9.47 Å². The fourth-order valence-electron chi connectivity index (χ4n) is 3.03. The second-order valence-corrected chi connectivity index (χ2v) is 10.2. The lowest BCUT2D eigenvalue weighted by molar-refractivity contribution is 0.0518. The molecule has 1 amide bonds. The molecule has 7 nitrogen and oxygen atoms in total. The fourth-order valence-corrected chi connectivity index (χ4v) is 4.77. The van der Waals surface area contributed by atoms with Crippen molar-refractivity contribution in [1.82, 2.24) is 5.32 Å². The number of benzene rings is 1. The zero-order valence-corrected chi connectivity index (χ0v) is 17.6. The van der Waals surface area contributed by atoms with Gasteiger partial charge in [-0.25, -0.2) is 13.2 Å². The van der Waals surface area contributed by atoms with E-state index >= 15 is 0 Å². The molecular weight excluding hydrogens is 382 g/mol. The van der Waals surface area contributed by atoms with Crippen molar-refractivity contribution in [2.75, 3.05) is 25.5 Å². The third kappa shape index (κ3) is 7.41. The van der Waals surface area contributed by atoms with Gasteiger partial charge in [-0.2, -0.15) is 0 Å². The zero-order chi connectivity index (χ0) is 20.8. The molecule has 0 spiro atoms. The Bertz CT molecular complexity index is 750. The molecule has 0 saturated carbocycles. The Hall–Kier alpha value is -1.64. The van der Waals surface area contributed by atoms with Gasteiger partial charge >= 0.3 is 6.09 Å². The van der Waals surface area contributed by atoms with Crippen LogP contribution in [0, 0.1) is 5.92 Å². The SMILES string of the molecule is CC(C)(C)OC(=O)NCCC(O)c1cccc(S(=O)(=O)CC2CCOCC2)c1. The number of carbonyl (C=O) groups excluding carboxylic acids is 1. The third-order valence-corrected chi connectivity index (χ3v) is 6.37. The van der Waals surface area contributed by atoms with Gasteiger partial charge in [-0.1, -0.05) is 12.1 Å². The normalized spacial score (nSPS) is 17.1. The van der Waals surface area contributed by atoms with Crippen LogP contribution in [-0.4, -0.2) is 50.7 Å². The Morgan fingerprint density at radius 2 is 2.00 bits per heavy atom. The molecule has 2 rings (SSSR count). The van der Waals surface area contributed by atoms with Crippen molar-refractivity contribution in [3.8, 4) is 0 Å². The van der Waals surface area contributed by atoms with E-state index in [2.05, 4.69) is 5.32 Å². The molecule has 0 radical (unpaired) electrons. The van der Waals surface area contributed by atoms with Crippen molar-refractivity contribution >= 4 is 15.9 Å². The van der Waals surface area contributed by atoms with Gasteiger partial charge in [0, 0.05) is 19.8 Å². The number of nitrogens with one attached hydrogen (secondary N) is 1. The summed E-state index contributed by atoms with van der Waals surface area (Å²) in [6.45, 7) is 6.73. The van der Waals surface area contributed by atoms with E-state index in [9.17, 15) is 18.3 Å². The summed E-state index contributed by atoms with van der Waals surface area (Å²) in [6, 6.07) is 6.40. The van der Waals surface area contributed by atoms with E-state index in [1.165, 1.54) is 6.07 Å². The van der Waals surface area contributed by atoms with Gasteiger partial charge in [0.25, 0.3) is 0 Å². The van der Waals surface area contributed by atoms with E-state index in [-0.39, 0.29) is 29.5 Å². The average Bonchev–Trinajstić information content (AvgIpc) is 2.60. The monoisotopic (exact) mass is 413 g/mol. The topological polar surface area (TPSA) is 102 Å². The number of aliphatic hydroxyl groups is 1. The summed E-state index contributed by atoms with van der Waals surface area (Å²) in [5.41, 5.74) is -0.0745. The van der Waals surface area contributed by atoms with E-state index in [0.29, 0.717) is 18.8 Å². The highest BCUT2D eigenvalue weighted by atomic mass is 32.2. The highest BCUT2D eigenvalue weighted by molar-refractivity contribution is 7.91. The van der Waals surface area contributed by atoms with Gasteiger partial charge in [0.1, 0.15) is 5.60 Å². The number of aliphatic hydroxyl groups excluding tert-OH is 1. The molecule has 1 atom stereocenters. The first kappa shape index (κ1) is 22.6. The summed E-state index contributed by atoms with van der Waals surface area (Å²) < 4.78 is 35.9. The molecule has 2 N–H and O–H groups in total. The standard InChI is InChI=1S/C20H31NO6S/c1-20(2,3)27-19(23)21-10-7-18(22)16-5-4-6-17(13-16)28(24,25)14-15-8-11-26-12-9-15/h4-6,13,15,18,22H,7-12,14H2,1-3H3,(H,21,23). The molecule has 1 aliphatic heterocycles. The molecule has 0 aromatic heterocycles. The first-order valence-corrected chi connectivity index (χ1v) is 11.3. The first-order chi connectivity index (χ1) is 13.1. The summed E-state index contributed by atoms with van der Waals surface area (Å²) in [7, 11) is -3.43. The van der Waals surface area contributed by atoms with Crippen molar-refractivity contribution in [3.63, 3.8) is 0 Å². The highest BCUT2D eigenvalue weighted by Gasteiger charge is 2.24. The van der Waals surface area contributed by atoms with Gasteiger partial charge in [-0.15, -0.1) is 0 Å². The molecule has 1 aromatic rings. The molecule has 1 fully saturated rings. The predicted molar refractivity (Wildman–Crippen MR) is 106 cm³/mol.